The van der Waals surface area contributed by atoms with Gasteiger partial charge in [-0.15, -0.1) is 0 Å². The van der Waals surface area contributed by atoms with Crippen molar-refractivity contribution in [3.05, 3.63) is 71.3 Å². The molecule has 1 saturated carbocycles. The van der Waals surface area contributed by atoms with Crippen LogP contribution in [0.2, 0.25) is 0 Å². The Balaban J connectivity index is 1.51. The highest BCUT2D eigenvalue weighted by molar-refractivity contribution is 6.25. The smallest absolute Gasteiger partial charge is 0.416 e. The number of hydrogen-bond donors (Lipinski definition) is 0. The molecule has 2 fully saturated rings. The van der Waals surface area contributed by atoms with Gasteiger partial charge in [0.05, 0.1) is 42.2 Å². The van der Waals surface area contributed by atoms with Crippen molar-refractivity contribution in [3.63, 3.8) is 0 Å². The molecule has 5 aliphatic rings. The Labute approximate surface area is 208 Å². The van der Waals surface area contributed by atoms with Crippen LogP contribution in [0.25, 0.3) is 0 Å². The van der Waals surface area contributed by atoms with Crippen molar-refractivity contribution in [1.29, 1.82) is 0 Å². The number of alkyl halides is 3. The van der Waals surface area contributed by atoms with Crippen LogP contribution in [0, 0.1) is 17.3 Å². The van der Waals surface area contributed by atoms with Crippen LogP contribution < -0.4 is 9.64 Å². The highest BCUT2D eigenvalue weighted by Crippen LogP contribution is 2.65. The number of ketones is 1. The molecule has 2 heterocycles. The Morgan fingerprint density at radius 2 is 1.70 bits per heavy atom. The van der Waals surface area contributed by atoms with E-state index in [1.807, 2.05) is 0 Å². The summed E-state index contributed by atoms with van der Waals surface area (Å²) in [6.07, 6.45) is -2.73. The molecule has 0 radical (unpaired) electrons. The zero-order valence-electron chi connectivity index (χ0n) is 19.5. The van der Waals surface area contributed by atoms with Crippen molar-refractivity contribution in [3.8, 4) is 5.75 Å². The van der Waals surface area contributed by atoms with Crippen molar-refractivity contribution in [2.24, 2.45) is 17.3 Å². The molecule has 1 spiro atoms. The fraction of sp³-hybridized carbons (Fsp3) is 0.333. The Bertz CT molecular complexity index is 1410. The Hall–Kier alpha value is -3.95. The van der Waals surface area contributed by atoms with Gasteiger partial charge in [0.25, 0.3) is 0 Å². The minimum atomic E-state index is -4.59. The van der Waals surface area contributed by atoms with Crippen LogP contribution in [0.4, 0.5) is 18.9 Å². The summed E-state index contributed by atoms with van der Waals surface area (Å²) in [7, 11) is 1.21. The topological polar surface area (TPSA) is 90.0 Å². The van der Waals surface area contributed by atoms with Crippen LogP contribution in [-0.2, 0) is 25.3 Å². The van der Waals surface area contributed by atoms with Gasteiger partial charge in [-0.2, -0.15) is 13.2 Å². The Morgan fingerprint density at radius 3 is 2.38 bits per heavy atom. The third-order valence-electron chi connectivity index (χ3n) is 8.10. The average molecular weight is 511 g/mol. The molecular weight excluding hydrogens is 491 g/mol. The number of imide groups is 1. The monoisotopic (exact) mass is 511 g/mol. The van der Waals surface area contributed by atoms with Crippen molar-refractivity contribution < 1.29 is 41.8 Å². The molecular formula is C27H20F3NO6. The van der Waals surface area contributed by atoms with Gasteiger partial charge in [0, 0.05) is 11.0 Å². The SMILES string of the molecule is COC(=O)C[C@]12C=C3C(=O)c4ccccc4O[C@@]3(CC1)[C@H]1C(=O)N(c3ccc(C(F)(F)F)cc3)C(=O)[C@H]12. The number of anilines is 1. The highest BCUT2D eigenvalue weighted by atomic mass is 19.4. The van der Waals surface area contributed by atoms with Gasteiger partial charge in [0.15, 0.2) is 5.78 Å². The second-order valence-corrected chi connectivity index (χ2v) is 9.87. The number of fused-ring (bicyclic) bond motifs is 2. The molecule has 0 unspecified atom stereocenters. The lowest BCUT2D eigenvalue weighted by atomic mass is 9.48. The van der Waals surface area contributed by atoms with Gasteiger partial charge >= 0.3 is 12.1 Å². The molecule has 7 nitrogen and oxygen atoms in total. The maximum Gasteiger partial charge on any atom is 0.416 e. The summed E-state index contributed by atoms with van der Waals surface area (Å²) >= 11 is 0. The zero-order chi connectivity index (χ0) is 26.3. The molecule has 7 rings (SSSR count). The molecule has 37 heavy (non-hydrogen) atoms. The molecule has 0 N–H and O–H groups in total. The molecule has 2 amide bonds. The van der Waals surface area contributed by atoms with Crippen molar-refractivity contribution in [2.45, 2.75) is 31.0 Å². The lowest BCUT2D eigenvalue weighted by Gasteiger charge is -2.57. The van der Waals surface area contributed by atoms with E-state index in [9.17, 15) is 32.3 Å². The van der Waals surface area contributed by atoms with Crippen LogP contribution in [0.5, 0.6) is 5.75 Å². The summed E-state index contributed by atoms with van der Waals surface area (Å²) in [5.41, 5.74) is -3.03. The largest absolute Gasteiger partial charge is 0.481 e. The van der Waals surface area contributed by atoms with Crippen LogP contribution >= 0.6 is 0 Å². The van der Waals surface area contributed by atoms with Gasteiger partial charge in [-0.3, -0.25) is 19.2 Å². The fourth-order valence-corrected chi connectivity index (χ4v) is 6.48. The first-order valence-corrected chi connectivity index (χ1v) is 11.7. The number of carbonyl (C=O) groups is 4. The first-order chi connectivity index (χ1) is 17.5. The number of hydrogen-bond acceptors (Lipinski definition) is 6. The summed E-state index contributed by atoms with van der Waals surface area (Å²) in [5.74, 6) is -4.19. The number of rotatable bonds is 3. The van der Waals surface area contributed by atoms with Crippen LogP contribution in [0.15, 0.2) is 60.2 Å². The molecule has 2 aromatic carbocycles. The quantitative estimate of drug-likeness (QED) is 0.455. The second kappa shape index (κ2) is 7.53. The highest BCUT2D eigenvalue weighted by Gasteiger charge is 2.73. The summed E-state index contributed by atoms with van der Waals surface area (Å²) in [6, 6.07) is 10.3. The predicted octanol–water partition coefficient (Wildman–Crippen LogP) is 4.11. The number of amides is 2. The minimum Gasteiger partial charge on any atom is -0.481 e. The first kappa shape index (κ1) is 23.4. The maximum atomic E-state index is 13.9. The average Bonchev–Trinajstić information content (AvgIpc) is 3.16. The number of halogens is 3. The fourth-order valence-electron chi connectivity index (χ4n) is 6.48. The molecule has 3 aliphatic carbocycles. The van der Waals surface area contributed by atoms with Gasteiger partial charge in [-0.05, 0) is 49.2 Å². The van der Waals surface area contributed by atoms with E-state index in [1.165, 1.54) is 7.11 Å². The molecule has 190 valence electrons. The molecule has 0 aromatic heterocycles. The van der Waals surface area contributed by atoms with E-state index in [-0.39, 0.29) is 36.3 Å². The number of esters is 1. The molecule has 1 saturated heterocycles. The van der Waals surface area contributed by atoms with E-state index in [0.29, 0.717) is 11.3 Å². The van der Waals surface area contributed by atoms with E-state index in [2.05, 4.69) is 0 Å². The number of benzene rings is 2. The van der Waals surface area contributed by atoms with E-state index in [4.69, 9.17) is 9.47 Å². The van der Waals surface area contributed by atoms with Gasteiger partial charge in [0.1, 0.15) is 11.4 Å². The Morgan fingerprint density at radius 1 is 1.03 bits per heavy atom. The molecule has 2 aliphatic heterocycles. The van der Waals surface area contributed by atoms with Gasteiger partial charge in [0.2, 0.25) is 11.8 Å². The number of carbonyl (C=O) groups excluding carboxylic acids is 4. The van der Waals surface area contributed by atoms with Crippen molar-refractivity contribution in [2.75, 3.05) is 12.0 Å². The maximum absolute atomic E-state index is 13.9. The van der Waals surface area contributed by atoms with Crippen LogP contribution in [-0.4, -0.2) is 36.3 Å². The van der Waals surface area contributed by atoms with Gasteiger partial charge < -0.3 is 9.47 Å². The first-order valence-electron chi connectivity index (χ1n) is 11.7. The Kier molecular flexibility index (Phi) is 4.77. The summed E-state index contributed by atoms with van der Waals surface area (Å²) in [5, 5.41) is 0. The van der Waals surface area contributed by atoms with Gasteiger partial charge in [-0.1, -0.05) is 18.2 Å². The summed E-state index contributed by atoms with van der Waals surface area (Å²) in [6.45, 7) is 0. The molecule has 2 aromatic rings. The van der Waals surface area contributed by atoms with Gasteiger partial charge in [-0.25, -0.2) is 4.90 Å². The third kappa shape index (κ3) is 3.07. The van der Waals surface area contributed by atoms with Crippen molar-refractivity contribution >= 4 is 29.3 Å². The summed E-state index contributed by atoms with van der Waals surface area (Å²) < 4.78 is 50.6. The van der Waals surface area contributed by atoms with E-state index < -0.39 is 52.4 Å². The van der Waals surface area contributed by atoms with E-state index >= 15 is 0 Å². The predicted molar refractivity (Wildman–Crippen MR) is 121 cm³/mol. The van der Waals surface area contributed by atoms with Crippen LogP contribution in [0.3, 0.4) is 0 Å². The number of ether oxygens (including phenoxy) is 2. The number of methoxy groups -OCH3 is 1. The van der Waals surface area contributed by atoms with E-state index in [0.717, 1.165) is 29.2 Å². The summed E-state index contributed by atoms with van der Waals surface area (Å²) in [4.78, 5) is 54.7. The molecule has 2 bridgehead atoms. The minimum absolute atomic E-state index is 0.0227. The van der Waals surface area contributed by atoms with Crippen molar-refractivity contribution in [1.82, 2.24) is 0 Å². The second-order valence-electron chi connectivity index (χ2n) is 9.87. The number of para-hydroxylation sites is 1. The molecule has 10 heteroatoms. The van der Waals surface area contributed by atoms with E-state index in [1.54, 1.807) is 30.3 Å². The van der Waals surface area contributed by atoms with Crippen LogP contribution in [0.1, 0.15) is 35.2 Å². The lowest BCUT2D eigenvalue weighted by Crippen LogP contribution is -2.64. The zero-order valence-corrected chi connectivity index (χ0v) is 19.5. The molecule has 4 atom stereocenters. The standard InChI is InChI=1S/C27H20F3NO6/c1-36-19(32)13-25-10-11-26(17(12-25)22(33)16-4-2-3-5-18(16)37-26)21-20(25)23(34)31(24(21)35)15-8-6-14(7-9-15)27(28,29)30/h2-9,12,20-21H,10-11,13H2,1H3/t20-,21+,25+,26+/m0/s1. The number of nitrogens with zero attached hydrogens (tertiary/aromatic N) is 1. The normalized spacial score (nSPS) is 29.8. The third-order valence-corrected chi connectivity index (χ3v) is 8.10. The number of allylic oxidation sites excluding steroid dienone is 1. The lowest BCUT2D eigenvalue weighted by molar-refractivity contribution is -0.154. The number of Topliss-reactive ketones (excluding diaryl/α,β-unsaturated/α-hetero) is 1.